The van der Waals surface area contributed by atoms with E-state index in [1.807, 2.05) is 35.2 Å². The van der Waals surface area contributed by atoms with Crippen molar-refractivity contribution in [3.8, 4) is 5.88 Å². The third-order valence-corrected chi connectivity index (χ3v) is 5.70. The van der Waals surface area contributed by atoms with Gasteiger partial charge in [-0.05, 0) is 5.56 Å². The van der Waals surface area contributed by atoms with Crippen LogP contribution in [-0.2, 0) is 11.4 Å². The third kappa shape index (κ3) is 3.48. The van der Waals surface area contributed by atoms with Crippen LogP contribution in [0, 0.1) is 0 Å². The Morgan fingerprint density at radius 3 is 2.57 bits per heavy atom. The number of carbonyl (C=O) groups excluding carboxylic acids is 2. The SMILES string of the molecule is NC(=O)c1sc2nc(N3CCC(=O)CC3)nc(OCc3ccccc3)c2c1N. The number of ketones is 1. The van der Waals surface area contributed by atoms with Gasteiger partial charge in [0.1, 0.15) is 22.1 Å². The molecule has 0 radical (unpaired) electrons. The van der Waals surface area contributed by atoms with Gasteiger partial charge in [0.05, 0.1) is 11.1 Å². The second kappa shape index (κ2) is 7.43. The number of benzene rings is 1. The third-order valence-electron chi connectivity index (χ3n) is 4.59. The van der Waals surface area contributed by atoms with Crippen LogP contribution >= 0.6 is 11.3 Å². The molecule has 9 heteroatoms. The van der Waals surface area contributed by atoms with Gasteiger partial charge >= 0.3 is 0 Å². The number of carbonyl (C=O) groups is 2. The highest BCUT2D eigenvalue weighted by atomic mass is 32.1. The lowest BCUT2D eigenvalue weighted by Crippen LogP contribution is -2.35. The lowest BCUT2D eigenvalue weighted by molar-refractivity contribution is -0.119. The van der Waals surface area contributed by atoms with E-state index in [2.05, 4.69) is 9.97 Å². The van der Waals surface area contributed by atoms with Crippen molar-refractivity contribution in [2.75, 3.05) is 23.7 Å². The van der Waals surface area contributed by atoms with Gasteiger partial charge in [-0.25, -0.2) is 4.98 Å². The first-order valence-corrected chi connectivity index (χ1v) is 9.67. The summed E-state index contributed by atoms with van der Waals surface area (Å²) in [5, 5.41) is 0.492. The molecule has 4 N–H and O–H groups in total. The number of nitrogens with zero attached hydrogens (tertiary/aromatic N) is 3. The quantitative estimate of drug-likeness (QED) is 0.675. The molecule has 144 valence electrons. The summed E-state index contributed by atoms with van der Waals surface area (Å²) < 4.78 is 5.96. The second-order valence-corrected chi connectivity index (χ2v) is 7.52. The van der Waals surface area contributed by atoms with Crippen LogP contribution in [0.2, 0.25) is 0 Å². The molecule has 1 aliphatic rings. The lowest BCUT2D eigenvalue weighted by atomic mass is 10.1. The Morgan fingerprint density at radius 2 is 1.89 bits per heavy atom. The van der Waals surface area contributed by atoms with E-state index in [0.29, 0.717) is 54.6 Å². The number of nitrogens with two attached hydrogens (primary N) is 2. The van der Waals surface area contributed by atoms with E-state index < -0.39 is 5.91 Å². The number of hydrogen-bond donors (Lipinski definition) is 2. The fourth-order valence-electron chi connectivity index (χ4n) is 3.09. The molecule has 0 bridgehead atoms. The van der Waals surface area contributed by atoms with Gasteiger partial charge in [0, 0.05) is 25.9 Å². The van der Waals surface area contributed by atoms with Gasteiger partial charge in [0.25, 0.3) is 5.91 Å². The number of Topliss-reactive ketones (excluding diaryl/α,β-unsaturated/α-hetero) is 1. The minimum atomic E-state index is -0.611. The Kier molecular flexibility index (Phi) is 4.82. The van der Waals surface area contributed by atoms with Crippen molar-refractivity contribution >= 4 is 44.9 Å². The molecule has 0 aliphatic carbocycles. The Labute approximate surface area is 165 Å². The van der Waals surface area contributed by atoms with Gasteiger partial charge in [-0.1, -0.05) is 30.3 Å². The van der Waals surface area contributed by atoms with Crippen LogP contribution in [0.25, 0.3) is 10.2 Å². The summed E-state index contributed by atoms with van der Waals surface area (Å²) in [6.07, 6.45) is 0.918. The summed E-state index contributed by atoms with van der Waals surface area (Å²) >= 11 is 1.12. The van der Waals surface area contributed by atoms with Crippen LogP contribution in [-0.4, -0.2) is 34.7 Å². The van der Waals surface area contributed by atoms with Crippen molar-refractivity contribution in [3.05, 3.63) is 40.8 Å². The van der Waals surface area contributed by atoms with Crippen molar-refractivity contribution in [2.24, 2.45) is 5.73 Å². The maximum atomic E-state index is 11.7. The summed E-state index contributed by atoms with van der Waals surface area (Å²) in [5.74, 6) is 0.385. The summed E-state index contributed by atoms with van der Waals surface area (Å²) in [6, 6.07) is 9.67. The van der Waals surface area contributed by atoms with Crippen molar-refractivity contribution in [2.45, 2.75) is 19.4 Å². The highest BCUT2D eigenvalue weighted by Crippen LogP contribution is 2.39. The Morgan fingerprint density at radius 1 is 1.18 bits per heavy atom. The number of thiophene rings is 1. The van der Waals surface area contributed by atoms with Gasteiger partial charge in [-0.3, -0.25) is 9.59 Å². The molecule has 0 spiro atoms. The fourth-order valence-corrected chi connectivity index (χ4v) is 4.02. The van der Waals surface area contributed by atoms with Crippen molar-refractivity contribution < 1.29 is 14.3 Å². The molecule has 3 heterocycles. The van der Waals surface area contributed by atoms with E-state index in [1.165, 1.54) is 0 Å². The zero-order valence-electron chi connectivity index (χ0n) is 15.1. The molecule has 1 fully saturated rings. The topological polar surface area (TPSA) is 124 Å². The van der Waals surface area contributed by atoms with E-state index in [-0.39, 0.29) is 16.3 Å². The normalized spacial score (nSPS) is 14.4. The van der Waals surface area contributed by atoms with E-state index in [0.717, 1.165) is 16.9 Å². The standard InChI is InChI=1S/C19H19N5O3S/c20-14-13-17(27-10-11-4-2-1-3-5-11)22-19(24-8-6-12(25)7-9-24)23-18(13)28-15(14)16(21)26/h1-5H,6-10,20H2,(H2,21,26). The minimum Gasteiger partial charge on any atom is -0.472 e. The molecule has 1 amide bonds. The molecule has 1 saturated heterocycles. The first-order valence-electron chi connectivity index (χ1n) is 8.86. The van der Waals surface area contributed by atoms with E-state index in [9.17, 15) is 9.59 Å². The van der Waals surface area contributed by atoms with Crippen molar-refractivity contribution in [3.63, 3.8) is 0 Å². The molecule has 4 rings (SSSR count). The number of aromatic nitrogens is 2. The maximum absolute atomic E-state index is 11.7. The number of fused-ring (bicyclic) bond motifs is 1. The predicted octanol–water partition coefficient (Wildman–Crippen LogP) is 2.12. The molecule has 0 saturated carbocycles. The van der Waals surface area contributed by atoms with Crippen LogP contribution in [0.1, 0.15) is 28.1 Å². The largest absolute Gasteiger partial charge is 0.472 e. The molecule has 8 nitrogen and oxygen atoms in total. The molecule has 0 unspecified atom stereocenters. The number of hydrogen-bond acceptors (Lipinski definition) is 8. The van der Waals surface area contributed by atoms with E-state index >= 15 is 0 Å². The number of nitrogen functional groups attached to an aromatic ring is 1. The van der Waals surface area contributed by atoms with Crippen LogP contribution in [0.5, 0.6) is 5.88 Å². The zero-order chi connectivity index (χ0) is 19.7. The fraction of sp³-hybridized carbons (Fsp3) is 0.263. The monoisotopic (exact) mass is 397 g/mol. The van der Waals surface area contributed by atoms with Crippen LogP contribution in [0.3, 0.4) is 0 Å². The van der Waals surface area contributed by atoms with E-state index in [1.54, 1.807) is 0 Å². The number of piperidine rings is 1. The molecule has 28 heavy (non-hydrogen) atoms. The number of rotatable bonds is 5. The summed E-state index contributed by atoms with van der Waals surface area (Å²) in [7, 11) is 0. The smallest absolute Gasteiger partial charge is 0.260 e. The van der Waals surface area contributed by atoms with Gasteiger partial charge in [-0.2, -0.15) is 4.98 Å². The van der Waals surface area contributed by atoms with Crippen molar-refractivity contribution in [1.82, 2.24) is 9.97 Å². The maximum Gasteiger partial charge on any atom is 0.260 e. The zero-order valence-corrected chi connectivity index (χ0v) is 15.9. The van der Waals surface area contributed by atoms with Gasteiger partial charge in [0.2, 0.25) is 11.8 Å². The highest BCUT2D eigenvalue weighted by Gasteiger charge is 2.24. The summed E-state index contributed by atoms with van der Waals surface area (Å²) in [6.45, 7) is 1.39. The molecule has 1 aromatic carbocycles. The average molecular weight is 397 g/mol. The Bertz CT molecular complexity index is 1040. The minimum absolute atomic E-state index is 0.231. The average Bonchev–Trinajstić information content (AvgIpc) is 3.04. The Balaban J connectivity index is 1.75. The molecule has 0 atom stereocenters. The van der Waals surface area contributed by atoms with E-state index in [4.69, 9.17) is 16.2 Å². The number of ether oxygens (including phenoxy) is 1. The first kappa shape index (κ1) is 18.2. The summed E-state index contributed by atoms with van der Waals surface area (Å²) in [4.78, 5) is 35.1. The number of primary amides is 1. The lowest BCUT2D eigenvalue weighted by Gasteiger charge is -2.26. The van der Waals surface area contributed by atoms with Crippen LogP contribution < -0.4 is 21.1 Å². The molecule has 3 aromatic rings. The number of amides is 1. The molecular formula is C19H19N5O3S. The summed E-state index contributed by atoms with van der Waals surface area (Å²) in [5.41, 5.74) is 12.8. The second-order valence-electron chi connectivity index (χ2n) is 6.52. The van der Waals surface area contributed by atoms with Crippen LogP contribution in [0.15, 0.2) is 30.3 Å². The number of anilines is 2. The highest BCUT2D eigenvalue weighted by molar-refractivity contribution is 7.21. The van der Waals surface area contributed by atoms with Gasteiger partial charge in [-0.15, -0.1) is 11.3 Å². The van der Waals surface area contributed by atoms with Gasteiger partial charge < -0.3 is 21.1 Å². The first-order chi connectivity index (χ1) is 13.5. The predicted molar refractivity (Wildman–Crippen MR) is 108 cm³/mol. The van der Waals surface area contributed by atoms with Gasteiger partial charge in [0.15, 0.2) is 0 Å². The Hall–Kier alpha value is -3.20. The molecule has 2 aromatic heterocycles. The molecular weight excluding hydrogens is 378 g/mol. The van der Waals surface area contributed by atoms with Crippen molar-refractivity contribution in [1.29, 1.82) is 0 Å². The molecule has 1 aliphatic heterocycles. The van der Waals surface area contributed by atoms with Crippen LogP contribution in [0.4, 0.5) is 11.6 Å².